The Bertz CT molecular complexity index is 498. The molecule has 0 aliphatic heterocycles. The maximum atomic E-state index is 11.2. The Morgan fingerprint density at radius 2 is 1.79 bits per heavy atom. The van der Waals surface area contributed by atoms with Crippen LogP contribution in [-0.2, 0) is 9.59 Å². The molecule has 0 amide bonds. The number of aromatic nitrogens is 1. The van der Waals surface area contributed by atoms with E-state index in [-0.39, 0.29) is 11.5 Å². The largest absolute Gasteiger partial charge is 0.477 e. The molecule has 0 aliphatic carbocycles. The van der Waals surface area contributed by atoms with Crippen molar-refractivity contribution in [3.05, 3.63) is 23.1 Å². The third-order valence-electron chi connectivity index (χ3n) is 2.61. The van der Waals surface area contributed by atoms with E-state index in [1.807, 2.05) is 0 Å². The van der Waals surface area contributed by atoms with Crippen molar-refractivity contribution in [3.63, 3.8) is 0 Å². The van der Waals surface area contributed by atoms with Crippen LogP contribution < -0.4 is 0 Å². The SMILES string of the molecule is CCN(CC)C(=C(C(=O)O)C(=O)O)c1cc(C)no1. The van der Waals surface area contributed by atoms with Crippen LogP contribution in [0.25, 0.3) is 5.70 Å². The summed E-state index contributed by atoms with van der Waals surface area (Å²) in [4.78, 5) is 24.0. The summed E-state index contributed by atoms with van der Waals surface area (Å²) in [6, 6.07) is 1.51. The molecule has 0 unspecified atom stereocenters. The Balaban J connectivity index is 3.53. The van der Waals surface area contributed by atoms with Crippen LogP contribution in [0.15, 0.2) is 16.2 Å². The lowest BCUT2D eigenvalue weighted by molar-refractivity contribution is -0.140. The number of hydrogen-bond acceptors (Lipinski definition) is 5. The summed E-state index contributed by atoms with van der Waals surface area (Å²) in [6.07, 6.45) is 0. The van der Waals surface area contributed by atoms with Crippen LogP contribution >= 0.6 is 0 Å². The van der Waals surface area contributed by atoms with Crippen LogP contribution in [-0.4, -0.2) is 45.3 Å². The molecule has 0 aliphatic rings. The van der Waals surface area contributed by atoms with Crippen molar-refractivity contribution in [1.29, 1.82) is 0 Å². The lowest BCUT2D eigenvalue weighted by Crippen LogP contribution is -2.27. The van der Waals surface area contributed by atoms with Crippen molar-refractivity contribution in [3.8, 4) is 0 Å². The zero-order chi connectivity index (χ0) is 14.6. The van der Waals surface area contributed by atoms with E-state index in [2.05, 4.69) is 5.16 Å². The lowest BCUT2D eigenvalue weighted by atomic mass is 10.1. The highest BCUT2D eigenvalue weighted by Gasteiger charge is 2.28. The smallest absolute Gasteiger partial charge is 0.345 e. The summed E-state index contributed by atoms with van der Waals surface area (Å²) in [7, 11) is 0. The second-order valence-corrected chi connectivity index (χ2v) is 3.84. The molecule has 7 nitrogen and oxygen atoms in total. The summed E-state index contributed by atoms with van der Waals surface area (Å²) >= 11 is 0. The molecule has 2 N–H and O–H groups in total. The zero-order valence-electron chi connectivity index (χ0n) is 11.0. The van der Waals surface area contributed by atoms with Crippen molar-refractivity contribution >= 4 is 17.6 Å². The highest BCUT2D eigenvalue weighted by Crippen LogP contribution is 2.24. The minimum absolute atomic E-state index is 0.0330. The highest BCUT2D eigenvalue weighted by molar-refractivity contribution is 6.18. The van der Waals surface area contributed by atoms with Gasteiger partial charge in [0.1, 0.15) is 5.70 Å². The van der Waals surface area contributed by atoms with Gasteiger partial charge in [-0.05, 0) is 20.8 Å². The molecule has 1 aromatic heterocycles. The average molecular weight is 268 g/mol. The van der Waals surface area contributed by atoms with Gasteiger partial charge in [-0.2, -0.15) is 0 Å². The molecular weight excluding hydrogens is 252 g/mol. The number of carboxylic acid groups (broad SMARTS) is 2. The number of hydrogen-bond donors (Lipinski definition) is 2. The Morgan fingerprint density at radius 3 is 2.11 bits per heavy atom. The molecule has 0 fully saturated rings. The molecule has 0 spiro atoms. The van der Waals surface area contributed by atoms with Crippen molar-refractivity contribution in [2.24, 2.45) is 0 Å². The van der Waals surface area contributed by atoms with Gasteiger partial charge in [-0.25, -0.2) is 9.59 Å². The minimum atomic E-state index is -1.51. The van der Waals surface area contributed by atoms with Crippen LogP contribution in [0.4, 0.5) is 0 Å². The Labute approximate surface area is 110 Å². The van der Waals surface area contributed by atoms with Gasteiger partial charge in [0, 0.05) is 19.2 Å². The Morgan fingerprint density at radius 1 is 1.26 bits per heavy atom. The summed E-state index contributed by atoms with van der Waals surface area (Å²) in [5.41, 5.74) is -0.139. The summed E-state index contributed by atoms with van der Waals surface area (Å²) in [6.45, 7) is 6.18. The van der Waals surface area contributed by atoms with Crippen LogP contribution in [0.3, 0.4) is 0 Å². The standard InChI is InChI=1S/C12H16N2O5/c1-4-14(5-2)10(8-6-7(3)13-19-8)9(11(15)16)12(17)18/h6H,4-5H2,1-3H3,(H,15,16)(H,17,18). The van der Waals surface area contributed by atoms with E-state index < -0.39 is 17.5 Å². The fraction of sp³-hybridized carbons (Fsp3) is 0.417. The van der Waals surface area contributed by atoms with E-state index in [1.54, 1.807) is 25.7 Å². The first-order valence-corrected chi connectivity index (χ1v) is 5.81. The van der Waals surface area contributed by atoms with Gasteiger partial charge in [0.25, 0.3) is 0 Å². The van der Waals surface area contributed by atoms with E-state index in [9.17, 15) is 9.59 Å². The van der Waals surface area contributed by atoms with Gasteiger partial charge in [-0.1, -0.05) is 5.16 Å². The van der Waals surface area contributed by atoms with E-state index >= 15 is 0 Å². The zero-order valence-corrected chi connectivity index (χ0v) is 11.0. The van der Waals surface area contributed by atoms with Crippen LogP contribution in [0.1, 0.15) is 25.3 Å². The fourth-order valence-corrected chi connectivity index (χ4v) is 1.75. The molecule has 0 radical (unpaired) electrons. The van der Waals surface area contributed by atoms with E-state index in [1.165, 1.54) is 6.07 Å². The van der Waals surface area contributed by atoms with E-state index in [4.69, 9.17) is 14.7 Å². The number of carbonyl (C=O) groups is 2. The summed E-state index contributed by atoms with van der Waals surface area (Å²) < 4.78 is 5.02. The van der Waals surface area contributed by atoms with Crippen molar-refractivity contribution in [2.75, 3.05) is 13.1 Å². The second-order valence-electron chi connectivity index (χ2n) is 3.84. The third-order valence-corrected chi connectivity index (χ3v) is 2.61. The summed E-state index contributed by atoms with van der Waals surface area (Å²) in [5, 5.41) is 21.9. The maximum absolute atomic E-state index is 11.2. The number of carboxylic acids is 2. The molecular formula is C12H16N2O5. The summed E-state index contributed by atoms with van der Waals surface area (Å²) in [5.74, 6) is -2.88. The Hall–Kier alpha value is -2.31. The highest BCUT2D eigenvalue weighted by atomic mass is 16.5. The molecule has 1 rings (SSSR count). The monoisotopic (exact) mass is 268 g/mol. The van der Waals surface area contributed by atoms with Gasteiger partial charge in [0.05, 0.1) is 5.69 Å². The molecule has 1 aromatic rings. The first-order chi connectivity index (χ1) is 8.92. The van der Waals surface area contributed by atoms with Crippen molar-refractivity contribution in [1.82, 2.24) is 10.1 Å². The molecule has 0 aromatic carbocycles. The van der Waals surface area contributed by atoms with Crippen molar-refractivity contribution < 1.29 is 24.3 Å². The molecule has 104 valence electrons. The molecule has 0 saturated heterocycles. The molecule has 19 heavy (non-hydrogen) atoms. The van der Waals surface area contributed by atoms with Gasteiger partial charge in [0.2, 0.25) is 0 Å². The predicted molar refractivity (Wildman–Crippen MR) is 66.4 cm³/mol. The van der Waals surface area contributed by atoms with Crippen molar-refractivity contribution in [2.45, 2.75) is 20.8 Å². The fourth-order valence-electron chi connectivity index (χ4n) is 1.75. The minimum Gasteiger partial charge on any atom is -0.477 e. The molecule has 1 heterocycles. The van der Waals surface area contributed by atoms with Gasteiger partial charge >= 0.3 is 11.9 Å². The molecule has 7 heteroatoms. The topological polar surface area (TPSA) is 104 Å². The Kier molecular flexibility index (Phi) is 4.68. The predicted octanol–water partition coefficient (Wildman–Crippen LogP) is 1.21. The molecule has 0 atom stereocenters. The van der Waals surface area contributed by atoms with E-state index in [0.29, 0.717) is 18.8 Å². The van der Waals surface area contributed by atoms with Crippen LogP contribution in [0, 0.1) is 6.92 Å². The third kappa shape index (κ3) is 3.12. The quantitative estimate of drug-likeness (QED) is 0.454. The van der Waals surface area contributed by atoms with Crippen LogP contribution in [0.5, 0.6) is 0 Å². The van der Waals surface area contributed by atoms with Gasteiger partial charge < -0.3 is 19.6 Å². The maximum Gasteiger partial charge on any atom is 0.345 e. The van der Waals surface area contributed by atoms with Gasteiger partial charge in [-0.3, -0.25) is 0 Å². The van der Waals surface area contributed by atoms with Crippen LogP contribution in [0.2, 0.25) is 0 Å². The number of aliphatic carboxylic acids is 2. The number of nitrogens with zero attached hydrogens (tertiary/aromatic N) is 2. The van der Waals surface area contributed by atoms with Gasteiger partial charge in [0.15, 0.2) is 11.3 Å². The van der Waals surface area contributed by atoms with E-state index in [0.717, 1.165) is 0 Å². The number of rotatable bonds is 6. The first kappa shape index (κ1) is 14.7. The second kappa shape index (κ2) is 6.03. The average Bonchev–Trinajstić information content (AvgIpc) is 2.74. The normalized spacial score (nSPS) is 10.1. The number of aryl methyl sites for hydroxylation is 1. The molecule has 0 saturated carbocycles. The first-order valence-electron chi connectivity index (χ1n) is 5.81. The van der Waals surface area contributed by atoms with Gasteiger partial charge in [-0.15, -0.1) is 0 Å². The lowest BCUT2D eigenvalue weighted by Gasteiger charge is -2.23. The molecule has 0 bridgehead atoms.